The van der Waals surface area contributed by atoms with E-state index in [0.717, 1.165) is 0 Å². The van der Waals surface area contributed by atoms with Gasteiger partial charge in [0.25, 0.3) is 11.8 Å². The molecule has 4 nitrogen and oxygen atoms in total. The van der Waals surface area contributed by atoms with E-state index in [0.29, 0.717) is 30.7 Å². The highest BCUT2D eigenvalue weighted by molar-refractivity contribution is 6.18. The number of rotatable bonds is 5. The van der Waals surface area contributed by atoms with Crippen molar-refractivity contribution in [2.75, 3.05) is 13.2 Å². The Hall–Kier alpha value is -1.16. The fraction of sp³-hybridized carbons (Fsp3) is 0.667. The van der Waals surface area contributed by atoms with Gasteiger partial charge in [0.1, 0.15) is 0 Å². The highest BCUT2D eigenvalue weighted by atomic mass is 16.5. The SMILES string of the molecule is CC1=C(C)C(=O)N(CCCOC(C)C)C1=O. The number of carbonyl (C=O) groups is 2. The van der Waals surface area contributed by atoms with E-state index >= 15 is 0 Å². The van der Waals surface area contributed by atoms with Crippen LogP contribution in [0.1, 0.15) is 34.1 Å². The standard InChI is InChI=1S/C12H19NO3/c1-8(2)16-7-5-6-13-11(14)9(3)10(4)12(13)15/h8H,5-7H2,1-4H3. The van der Waals surface area contributed by atoms with Gasteiger partial charge >= 0.3 is 0 Å². The first-order valence-corrected chi connectivity index (χ1v) is 5.60. The normalized spacial score (nSPS) is 16.9. The fourth-order valence-electron chi connectivity index (χ4n) is 1.56. The second kappa shape index (κ2) is 5.25. The number of ether oxygens (including phenoxy) is 1. The lowest BCUT2D eigenvalue weighted by molar-refractivity contribution is -0.137. The quantitative estimate of drug-likeness (QED) is 0.526. The Morgan fingerprint density at radius 3 is 2.06 bits per heavy atom. The topological polar surface area (TPSA) is 46.6 Å². The molecule has 0 unspecified atom stereocenters. The van der Waals surface area contributed by atoms with E-state index < -0.39 is 0 Å². The second-order valence-corrected chi connectivity index (χ2v) is 4.29. The lowest BCUT2D eigenvalue weighted by atomic mass is 10.2. The molecule has 1 heterocycles. The fourth-order valence-corrected chi connectivity index (χ4v) is 1.56. The third-order valence-electron chi connectivity index (χ3n) is 2.67. The van der Waals surface area contributed by atoms with Crippen LogP contribution < -0.4 is 0 Å². The first-order valence-electron chi connectivity index (χ1n) is 5.60. The lowest BCUT2D eigenvalue weighted by Crippen LogP contribution is -2.33. The number of imide groups is 1. The van der Waals surface area contributed by atoms with Gasteiger partial charge in [-0.25, -0.2) is 0 Å². The van der Waals surface area contributed by atoms with Crippen LogP contribution >= 0.6 is 0 Å². The van der Waals surface area contributed by atoms with E-state index in [4.69, 9.17) is 4.74 Å². The van der Waals surface area contributed by atoms with Crippen LogP contribution in [-0.2, 0) is 14.3 Å². The minimum atomic E-state index is -0.160. The summed E-state index contributed by atoms with van der Waals surface area (Å²) in [4.78, 5) is 24.6. The molecule has 0 aromatic heterocycles. The zero-order valence-electron chi connectivity index (χ0n) is 10.4. The summed E-state index contributed by atoms with van der Waals surface area (Å²) in [5.74, 6) is -0.320. The minimum absolute atomic E-state index is 0.160. The van der Waals surface area contributed by atoms with Gasteiger partial charge in [-0.1, -0.05) is 0 Å². The van der Waals surface area contributed by atoms with Crippen LogP contribution in [-0.4, -0.2) is 36.0 Å². The van der Waals surface area contributed by atoms with E-state index in [-0.39, 0.29) is 17.9 Å². The summed E-state index contributed by atoms with van der Waals surface area (Å²) in [7, 11) is 0. The molecule has 2 amide bonds. The molecule has 1 aliphatic heterocycles. The third-order valence-corrected chi connectivity index (χ3v) is 2.67. The molecule has 1 rings (SSSR count). The predicted molar refractivity (Wildman–Crippen MR) is 60.8 cm³/mol. The van der Waals surface area contributed by atoms with Crippen molar-refractivity contribution < 1.29 is 14.3 Å². The van der Waals surface area contributed by atoms with E-state index in [1.807, 2.05) is 13.8 Å². The van der Waals surface area contributed by atoms with E-state index in [2.05, 4.69) is 0 Å². The van der Waals surface area contributed by atoms with Gasteiger partial charge in [-0.15, -0.1) is 0 Å². The van der Waals surface area contributed by atoms with Crippen molar-refractivity contribution in [2.45, 2.75) is 40.2 Å². The van der Waals surface area contributed by atoms with Gasteiger partial charge in [-0.3, -0.25) is 14.5 Å². The molecule has 0 bridgehead atoms. The van der Waals surface area contributed by atoms with Gasteiger partial charge in [0.15, 0.2) is 0 Å². The Kier molecular flexibility index (Phi) is 4.24. The van der Waals surface area contributed by atoms with Crippen LogP contribution in [0.3, 0.4) is 0 Å². The zero-order valence-corrected chi connectivity index (χ0v) is 10.4. The summed E-state index contributed by atoms with van der Waals surface area (Å²) in [6, 6.07) is 0. The highest BCUT2D eigenvalue weighted by Crippen LogP contribution is 2.19. The summed E-state index contributed by atoms with van der Waals surface area (Å²) in [5, 5.41) is 0. The summed E-state index contributed by atoms with van der Waals surface area (Å²) in [5.41, 5.74) is 1.13. The smallest absolute Gasteiger partial charge is 0.256 e. The average Bonchev–Trinajstić information content (AvgIpc) is 2.40. The molecule has 90 valence electrons. The largest absolute Gasteiger partial charge is 0.379 e. The Bertz CT molecular complexity index is 307. The molecule has 0 saturated carbocycles. The molecule has 0 aromatic carbocycles. The van der Waals surface area contributed by atoms with Crippen LogP contribution in [0.2, 0.25) is 0 Å². The Morgan fingerprint density at radius 2 is 1.62 bits per heavy atom. The first kappa shape index (κ1) is 12.9. The summed E-state index contributed by atoms with van der Waals surface area (Å²) < 4.78 is 5.36. The molecule has 0 spiro atoms. The van der Waals surface area contributed by atoms with Gasteiger partial charge in [0.05, 0.1) is 6.10 Å². The number of nitrogens with zero attached hydrogens (tertiary/aromatic N) is 1. The molecule has 0 radical (unpaired) electrons. The Morgan fingerprint density at radius 1 is 1.12 bits per heavy atom. The minimum Gasteiger partial charge on any atom is -0.379 e. The number of carbonyl (C=O) groups excluding carboxylic acids is 2. The average molecular weight is 225 g/mol. The van der Waals surface area contributed by atoms with Gasteiger partial charge in [0, 0.05) is 24.3 Å². The Balaban J connectivity index is 2.41. The van der Waals surface area contributed by atoms with Crippen LogP contribution in [0.25, 0.3) is 0 Å². The van der Waals surface area contributed by atoms with Crippen LogP contribution in [0.15, 0.2) is 11.1 Å². The molecule has 1 aliphatic rings. The second-order valence-electron chi connectivity index (χ2n) is 4.29. The molecule has 16 heavy (non-hydrogen) atoms. The first-order chi connectivity index (χ1) is 7.45. The van der Waals surface area contributed by atoms with Crippen molar-refractivity contribution in [3.05, 3.63) is 11.1 Å². The van der Waals surface area contributed by atoms with Crippen LogP contribution in [0.5, 0.6) is 0 Å². The van der Waals surface area contributed by atoms with Gasteiger partial charge in [0.2, 0.25) is 0 Å². The molecular weight excluding hydrogens is 206 g/mol. The summed E-state index contributed by atoms with van der Waals surface area (Å²) in [6.07, 6.45) is 0.877. The molecule has 0 saturated heterocycles. The van der Waals surface area contributed by atoms with Crippen molar-refractivity contribution in [3.8, 4) is 0 Å². The highest BCUT2D eigenvalue weighted by Gasteiger charge is 2.32. The number of amides is 2. The van der Waals surface area contributed by atoms with E-state index in [9.17, 15) is 9.59 Å². The lowest BCUT2D eigenvalue weighted by Gasteiger charge is -2.15. The van der Waals surface area contributed by atoms with Crippen molar-refractivity contribution in [3.63, 3.8) is 0 Å². The number of hydrogen-bond acceptors (Lipinski definition) is 3. The maximum absolute atomic E-state index is 11.7. The van der Waals surface area contributed by atoms with Crippen molar-refractivity contribution in [1.82, 2.24) is 4.90 Å². The third kappa shape index (κ3) is 2.70. The maximum Gasteiger partial charge on any atom is 0.256 e. The molecule has 0 aliphatic carbocycles. The molecule has 0 aromatic rings. The van der Waals surface area contributed by atoms with Crippen LogP contribution in [0.4, 0.5) is 0 Å². The predicted octanol–water partition coefficient (Wildman–Crippen LogP) is 1.51. The van der Waals surface area contributed by atoms with E-state index in [1.54, 1.807) is 13.8 Å². The molecule has 0 atom stereocenters. The summed E-state index contributed by atoms with van der Waals surface area (Å²) >= 11 is 0. The van der Waals surface area contributed by atoms with E-state index in [1.165, 1.54) is 4.90 Å². The Labute approximate surface area is 96.3 Å². The molecular formula is C12H19NO3. The number of hydrogen-bond donors (Lipinski definition) is 0. The molecule has 0 N–H and O–H groups in total. The molecule has 0 fully saturated rings. The van der Waals surface area contributed by atoms with Crippen molar-refractivity contribution in [2.24, 2.45) is 0 Å². The van der Waals surface area contributed by atoms with Crippen molar-refractivity contribution >= 4 is 11.8 Å². The summed E-state index contributed by atoms with van der Waals surface area (Å²) in [6.45, 7) is 8.33. The van der Waals surface area contributed by atoms with Gasteiger partial charge in [-0.2, -0.15) is 0 Å². The molecule has 4 heteroatoms. The van der Waals surface area contributed by atoms with Gasteiger partial charge in [-0.05, 0) is 34.1 Å². The van der Waals surface area contributed by atoms with Crippen molar-refractivity contribution in [1.29, 1.82) is 0 Å². The van der Waals surface area contributed by atoms with Gasteiger partial charge < -0.3 is 4.74 Å². The maximum atomic E-state index is 11.7. The monoisotopic (exact) mass is 225 g/mol. The zero-order chi connectivity index (χ0) is 12.3. The van der Waals surface area contributed by atoms with Crippen LogP contribution in [0, 0.1) is 0 Å².